The third-order valence-corrected chi connectivity index (χ3v) is 6.53. The summed E-state index contributed by atoms with van der Waals surface area (Å²) in [6.45, 7) is 3.64. The smallest absolute Gasteiger partial charge is 0.294 e. The molecule has 0 bridgehead atoms. The molecule has 8 heteroatoms. The molecule has 4 rings (SSSR count). The number of nitrogens with zero attached hydrogens (tertiary/aromatic N) is 1. The molecule has 35 heavy (non-hydrogen) atoms. The second kappa shape index (κ2) is 10.7. The molecule has 1 saturated heterocycles. The van der Waals surface area contributed by atoms with E-state index in [1.54, 1.807) is 37.5 Å². The van der Waals surface area contributed by atoms with Gasteiger partial charge in [-0.25, -0.2) is 0 Å². The summed E-state index contributed by atoms with van der Waals surface area (Å²) in [5, 5.41) is 4.19. The maximum atomic E-state index is 12.9. The van der Waals surface area contributed by atoms with Gasteiger partial charge >= 0.3 is 0 Å². The zero-order valence-electron chi connectivity index (χ0n) is 19.7. The Morgan fingerprint density at radius 1 is 1.09 bits per heavy atom. The molecule has 0 spiro atoms. The van der Waals surface area contributed by atoms with Gasteiger partial charge in [0, 0.05) is 11.1 Å². The van der Waals surface area contributed by atoms with Gasteiger partial charge in [-0.2, -0.15) is 0 Å². The molecule has 1 heterocycles. The summed E-state index contributed by atoms with van der Waals surface area (Å²) >= 11 is 0.806. The Hall–Kier alpha value is -3.78. The molecule has 1 unspecified atom stereocenters. The third kappa shape index (κ3) is 5.49. The van der Waals surface area contributed by atoms with E-state index in [1.807, 2.05) is 50.2 Å². The van der Waals surface area contributed by atoms with Crippen molar-refractivity contribution in [1.82, 2.24) is 4.90 Å². The van der Waals surface area contributed by atoms with Crippen LogP contribution < -0.4 is 14.8 Å². The first-order chi connectivity index (χ1) is 16.9. The second-order valence-corrected chi connectivity index (χ2v) is 9.08. The van der Waals surface area contributed by atoms with Crippen LogP contribution in [-0.2, 0) is 9.59 Å². The predicted molar refractivity (Wildman–Crippen MR) is 139 cm³/mol. The number of hydrogen-bond acceptors (Lipinski definition) is 6. The predicted octanol–water partition coefficient (Wildman–Crippen LogP) is 5.70. The van der Waals surface area contributed by atoms with Gasteiger partial charge in [0.25, 0.3) is 11.1 Å². The number of carbonyl (C=O) groups excluding carboxylic acids is 3. The molecule has 0 radical (unpaired) electrons. The third-order valence-electron chi connectivity index (χ3n) is 5.63. The molecule has 0 aromatic heterocycles. The second-order valence-electron chi connectivity index (χ2n) is 8.09. The number of anilines is 1. The first kappa shape index (κ1) is 24.3. The van der Waals surface area contributed by atoms with Crippen LogP contribution in [0.2, 0.25) is 0 Å². The molecule has 3 aromatic carbocycles. The number of methoxy groups -OCH3 is 1. The van der Waals surface area contributed by atoms with Crippen molar-refractivity contribution >= 4 is 51.4 Å². The minimum Gasteiger partial charge on any atom is -0.493 e. The number of nitrogens with one attached hydrogen (secondary N) is 1. The van der Waals surface area contributed by atoms with Crippen LogP contribution in [0.4, 0.5) is 10.5 Å². The topological polar surface area (TPSA) is 84.9 Å². The van der Waals surface area contributed by atoms with Gasteiger partial charge in [-0.15, -0.1) is 0 Å². The number of rotatable bonds is 8. The quantitative estimate of drug-likeness (QED) is 0.408. The lowest BCUT2D eigenvalue weighted by molar-refractivity contribution is -0.127. The van der Waals surface area contributed by atoms with Crippen LogP contribution in [0.15, 0.2) is 65.6 Å². The molecule has 0 saturated carbocycles. The molecule has 7 nitrogen and oxygen atoms in total. The number of hydrogen-bond donors (Lipinski definition) is 1. The van der Waals surface area contributed by atoms with Gasteiger partial charge in [0.1, 0.15) is 6.54 Å². The highest BCUT2D eigenvalue weighted by atomic mass is 32.2. The van der Waals surface area contributed by atoms with Gasteiger partial charge in [-0.1, -0.05) is 49.4 Å². The van der Waals surface area contributed by atoms with Crippen LogP contribution >= 0.6 is 11.8 Å². The zero-order valence-corrected chi connectivity index (χ0v) is 20.6. The minimum atomic E-state index is -0.507. The molecular formula is C27H26N2O5S. The Labute approximate surface area is 208 Å². The van der Waals surface area contributed by atoms with Crippen molar-refractivity contribution in [3.63, 3.8) is 0 Å². The van der Waals surface area contributed by atoms with Crippen molar-refractivity contribution in [2.75, 3.05) is 19.0 Å². The van der Waals surface area contributed by atoms with E-state index < -0.39 is 17.1 Å². The van der Waals surface area contributed by atoms with E-state index >= 15 is 0 Å². The Bertz CT molecular complexity index is 1310. The van der Waals surface area contributed by atoms with Crippen LogP contribution in [0.25, 0.3) is 16.8 Å². The number of benzene rings is 3. The summed E-state index contributed by atoms with van der Waals surface area (Å²) in [7, 11) is 1.55. The van der Waals surface area contributed by atoms with Crippen molar-refractivity contribution in [3.05, 3.63) is 71.1 Å². The lowest BCUT2D eigenvalue weighted by Gasteiger charge is -2.15. The summed E-state index contributed by atoms with van der Waals surface area (Å²) in [5.74, 6) is 0.190. The average Bonchev–Trinajstić information content (AvgIpc) is 3.12. The van der Waals surface area contributed by atoms with E-state index in [9.17, 15) is 14.4 Å². The maximum absolute atomic E-state index is 12.9. The van der Waals surface area contributed by atoms with Gasteiger partial charge in [-0.05, 0) is 60.3 Å². The van der Waals surface area contributed by atoms with Crippen molar-refractivity contribution in [2.24, 2.45) is 0 Å². The number of ether oxygens (including phenoxy) is 2. The first-order valence-corrected chi connectivity index (χ1v) is 12.1. The largest absolute Gasteiger partial charge is 0.493 e. The fourth-order valence-corrected chi connectivity index (χ4v) is 4.47. The van der Waals surface area contributed by atoms with Gasteiger partial charge in [0.15, 0.2) is 11.5 Å². The maximum Gasteiger partial charge on any atom is 0.294 e. The first-order valence-electron chi connectivity index (χ1n) is 11.3. The summed E-state index contributed by atoms with van der Waals surface area (Å²) in [5.41, 5.74) is 1.31. The van der Waals surface area contributed by atoms with E-state index in [1.165, 1.54) is 0 Å². The number of carbonyl (C=O) groups is 3. The molecular weight excluding hydrogens is 464 g/mol. The van der Waals surface area contributed by atoms with E-state index in [0.29, 0.717) is 22.7 Å². The zero-order chi connectivity index (χ0) is 24.9. The molecule has 1 aliphatic heterocycles. The Morgan fingerprint density at radius 3 is 2.63 bits per heavy atom. The number of amides is 3. The van der Waals surface area contributed by atoms with Crippen LogP contribution in [0.5, 0.6) is 11.5 Å². The van der Waals surface area contributed by atoms with Crippen LogP contribution in [0.1, 0.15) is 25.8 Å². The summed E-state index contributed by atoms with van der Waals surface area (Å²) in [6.07, 6.45) is 2.50. The fraction of sp³-hybridized carbons (Fsp3) is 0.222. The molecule has 1 fully saturated rings. The van der Waals surface area contributed by atoms with Gasteiger partial charge < -0.3 is 14.8 Å². The van der Waals surface area contributed by atoms with E-state index in [0.717, 1.165) is 33.9 Å². The van der Waals surface area contributed by atoms with Gasteiger partial charge in [0.2, 0.25) is 5.91 Å². The van der Waals surface area contributed by atoms with Crippen molar-refractivity contribution < 1.29 is 23.9 Å². The fourth-order valence-electron chi connectivity index (χ4n) is 3.63. The molecule has 1 N–H and O–H groups in total. The van der Waals surface area contributed by atoms with E-state index in [2.05, 4.69) is 5.32 Å². The Morgan fingerprint density at radius 2 is 1.86 bits per heavy atom. The monoisotopic (exact) mass is 490 g/mol. The normalized spacial score (nSPS) is 15.5. The molecule has 0 aliphatic carbocycles. The van der Waals surface area contributed by atoms with Crippen LogP contribution in [-0.4, -0.2) is 41.7 Å². The molecule has 3 aromatic rings. The minimum absolute atomic E-state index is 0.0336. The highest BCUT2D eigenvalue weighted by Crippen LogP contribution is 2.35. The highest BCUT2D eigenvalue weighted by Gasteiger charge is 2.36. The van der Waals surface area contributed by atoms with Crippen molar-refractivity contribution in [3.8, 4) is 11.5 Å². The molecule has 3 amide bonds. The lowest BCUT2D eigenvalue weighted by atomic mass is 10.1. The molecule has 1 atom stereocenters. The van der Waals surface area contributed by atoms with Crippen LogP contribution in [0, 0.1) is 0 Å². The number of fused-ring (bicyclic) bond motifs is 1. The number of imide groups is 1. The summed E-state index contributed by atoms with van der Waals surface area (Å²) in [4.78, 5) is 39.3. The van der Waals surface area contributed by atoms with Crippen LogP contribution in [0.3, 0.4) is 0 Å². The van der Waals surface area contributed by atoms with Gasteiger partial charge in [0.05, 0.1) is 18.1 Å². The lowest BCUT2D eigenvalue weighted by Crippen LogP contribution is -2.36. The highest BCUT2D eigenvalue weighted by molar-refractivity contribution is 8.18. The molecule has 1 aliphatic rings. The standard InChI is InChI=1S/C27H26N2O5S/c1-4-17(2)34-22-13-12-18(14-23(22)33-3)15-24-26(31)29(27(32)35-24)16-25(30)28-21-11-7-9-19-8-5-6-10-20(19)21/h5-15,17H,4,16H2,1-3H3,(H,28,30)/b24-15-. The van der Waals surface area contributed by atoms with Gasteiger partial charge in [-0.3, -0.25) is 19.3 Å². The average molecular weight is 491 g/mol. The SMILES string of the molecule is CCC(C)Oc1ccc(/C=C2\SC(=O)N(CC(=O)Nc3cccc4ccccc34)C2=O)cc1OC. The summed E-state index contributed by atoms with van der Waals surface area (Å²) in [6, 6.07) is 18.6. The Kier molecular flexibility index (Phi) is 7.41. The molecule has 180 valence electrons. The Balaban J connectivity index is 1.47. The summed E-state index contributed by atoms with van der Waals surface area (Å²) < 4.78 is 11.3. The van der Waals surface area contributed by atoms with Crippen molar-refractivity contribution in [1.29, 1.82) is 0 Å². The van der Waals surface area contributed by atoms with E-state index in [4.69, 9.17) is 9.47 Å². The number of thioether (sulfide) groups is 1. The van der Waals surface area contributed by atoms with Crippen molar-refractivity contribution in [2.45, 2.75) is 26.4 Å². The van der Waals surface area contributed by atoms with E-state index in [-0.39, 0.29) is 17.6 Å².